The van der Waals surface area contributed by atoms with E-state index in [4.69, 9.17) is 0 Å². The highest BCUT2D eigenvalue weighted by Gasteiger charge is 2.26. The minimum absolute atomic E-state index is 0.481. The standard InChI is InChI=1S/C11H23N/c1-10(2)6-4-7-11(3)8-5-9-12-11/h10,12H,4-9H2,1-3H3. The van der Waals surface area contributed by atoms with Crippen molar-refractivity contribution in [3.8, 4) is 0 Å². The van der Waals surface area contributed by atoms with Gasteiger partial charge in [-0.05, 0) is 38.6 Å². The Morgan fingerprint density at radius 2 is 2.17 bits per heavy atom. The van der Waals surface area contributed by atoms with Crippen LogP contribution in [0.4, 0.5) is 0 Å². The zero-order valence-electron chi connectivity index (χ0n) is 8.82. The fraction of sp³-hybridized carbons (Fsp3) is 1.00. The molecular formula is C11H23N. The summed E-state index contributed by atoms with van der Waals surface area (Å²) in [6.45, 7) is 8.23. The molecule has 1 rings (SSSR count). The summed E-state index contributed by atoms with van der Waals surface area (Å²) in [4.78, 5) is 0. The Morgan fingerprint density at radius 3 is 2.67 bits per heavy atom. The summed E-state index contributed by atoms with van der Waals surface area (Å²) in [5.74, 6) is 0.870. The van der Waals surface area contributed by atoms with Crippen LogP contribution in [0.2, 0.25) is 0 Å². The molecule has 72 valence electrons. The van der Waals surface area contributed by atoms with Crippen LogP contribution in [0.3, 0.4) is 0 Å². The Hall–Kier alpha value is -0.0400. The van der Waals surface area contributed by atoms with Gasteiger partial charge < -0.3 is 5.32 Å². The van der Waals surface area contributed by atoms with Gasteiger partial charge in [0.05, 0.1) is 0 Å². The lowest BCUT2D eigenvalue weighted by Gasteiger charge is -2.24. The molecule has 0 radical (unpaired) electrons. The number of nitrogens with one attached hydrogen (secondary N) is 1. The number of hydrogen-bond donors (Lipinski definition) is 1. The van der Waals surface area contributed by atoms with Gasteiger partial charge in [0.1, 0.15) is 0 Å². The van der Waals surface area contributed by atoms with Gasteiger partial charge in [0, 0.05) is 5.54 Å². The van der Waals surface area contributed by atoms with Crippen LogP contribution in [0.1, 0.15) is 52.9 Å². The predicted octanol–water partition coefficient (Wildman–Crippen LogP) is 2.95. The average Bonchev–Trinajstić information content (AvgIpc) is 2.35. The molecule has 1 saturated heterocycles. The van der Waals surface area contributed by atoms with Crippen molar-refractivity contribution in [3.05, 3.63) is 0 Å². The first-order chi connectivity index (χ1) is 5.62. The van der Waals surface area contributed by atoms with E-state index in [1.807, 2.05) is 0 Å². The fourth-order valence-electron chi connectivity index (χ4n) is 2.07. The van der Waals surface area contributed by atoms with E-state index in [0.717, 1.165) is 5.92 Å². The molecule has 0 bridgehead atoms. The van der Waals surface area contributed by atoms with Crippen molar-refractivity contribution < 1.29 is 0 Å². The van der Waals surface area contributed by atoms with Gasteiger partial charge in [-0.3, -0.25) is 0 Å². The average molecular weight is 169 g/mol. The van der Waals surface area contributed by atoms with Crippen LogP contribution in [0.5, 0.6) is 0 Å². The molecule has 1 nitrogen and oxygen atoms in total. The Kier molecular flexibility index (Phi) is 3.57. The monoisotopic (exact) mass is 169 g/mol. The summed E-state index contributed by atoms with van der Waals surface area (Å²) in [5, 5.41) is 3.61. The third kappa shape index (κ3) is 3.14. The smallest absolute Gasteiger partial charge is 0.0153 e. The van der Waals surface area contributed by atoms with Crippen LogP contribution in [0.25, 0.3) is 0 Å². The normalized spacial score (nSPS) is 30.0. The molecule has 1 unspecified atom stereocenters. The van der Waals surface area contributed by atoms with E-state index >= 15 is 0 Å². The molecule has 1 aliphatic heterocycles. The van der Waals surface area contributed by atoms with Gasteiger partial charge in [-0.25, -0.2) is 0 Å². The molecule has 1 heteroatoms. The van der Waals surface area contributed by atoms with E-state index in [1.165, 1.54) is 38.6 Å². The van der Waals surface area contributed by atoms with E-state index < -0.39 is 0 Å². The maximum Gasteiger partial charge on any atom is 0.0153 e. The molecule has 0 amide bonds. The zero-order chi connectivity index (χ0) is 9.03. The van der Waals surface area contributed by atoms with E-state index in [9.17, 15) is 0 Å². The molecule has 0 saturated carbocycles. The predicted molar refractivity (Wildman–Crippen MR) is 54.3 cm³/mol. The van der Waals surface area contributed by atoms with Crippen molar-refractivity contribution in [1.82, 2.24) is 5.32 Å². The first-order valence-corrected chi connectivity index (χ1v) is 5.37. The van der Waals surface area contributed by atoms with Gasteiger partial charge in [0.2, 0.25) is 0 Å². The topological polar surface area (TPSA) is 12.0 Å². The zero-order valence-corrected chi connectivity index (χ0v) is 8.82. The second-order valence-corrected chi connectivity index (χ2v) is 4.88. The maximum atomic E-state index is 3.61. The van der Waals surface area contributed by atoms with E-state index in [2.05, 4.69) is 26.1 Å². The van der Waals surface area contributed by atoms with Crippen molar-refractivity contribution in [1.29, 1.82) is 0 Å². The minimum Gasteiger partial charge on any atom is -0.312 e. The molecule has 1 heterocycles. The van der Waals surface area contributed by atoms with Gasteiger partial charge in [0.15, 0.2) is 0 Å². The van der Waals surface area contributed by atoms with E-state index in [1.54, 1.807) is 0 Å². The number of rotatable bonds is 4. The minimum atomic E-state index is 0.481. The summed E-state index contributed by atoms with van der Waals surface area (Å²) < 4.78 is 0. The van der Waals surface area contributed by atoms with Gasteiger partial charge in [0.25, 0.3) is 0 Å². The molecule has 1 fully saturated rings. The summed E-state index contributed by atoms with van der Waals surface area (Å²) in [7, 11) is 0. The Bertz CT molecular complexity index is 123. The Morgan fingerprint density at radius 1 is 1.42 bits per heavy atom. The largest absolute Gasteiger partial charge is 0.312 e. The second-order valence-electron chi connectivity index (χ2n) is 4.88. The third-order valence-electron chi connectivity index (χ3n) is 2.97. The van der Waals surface area contributed by atoms with E-state index in [-0.39, 0.29) is 0 Å². The molecule has 1 N–H and O–H groups in total. The summed E-state index contributed by atoms with van der Waals surface area (Å²) in [6, 6.07) is 0. The molecule has 1 aliphatic rings. The third-order valence-corrected chi connectivity index (χ3v) is 2.97. The SMILES string of the molecule is CC(C)CCCC1(C)CCCN1. The molecule has 0 aromatic carbocycles. The van der Waals surface area contributed by atoms with Crippen molar-refractivity contribution in [2.24, 2.45) is 5.92 Å². The maximum absolute atomic E-state index is 3.61. The van der Waals surface area contributed by atoms with Crippen molar-refractivity contribution in [3.63, 3.8) is 0 Å². The molecule has 0 aromatic heterocycles. The van der Waals surface area contributed by atoms with Crippen molar-refractivity contribution in [2.45, 2.75) is 58.4 Å². The highest BCUT2D eigenvalue weighted by molar-refractivity contribution is 4.88. The van der Waals surface area contributed by atoms with Gasteiger partial charge in [-0.1, -0.05) is 26.7 Å². The lowest BCUT2D eigenvalue weighted by atomic mass is 9.91. The molecule has 0 aliphatic carbocycles. The lowest BCUT2D eigenvalue weighted by Crippen LogP contribution is -2.35. The highest BCUT2D eigenvalue weighted by atomic mass is 15.0. The fourth-order valence-corrected chi connectivity index (χ4v) is 2.07. The van der Waals surface area contributed by atoms with Gasteiger partial charge >= 0.3 is 0 Å². The Balaban J connectivity index is 2.13. The lowest BCUT2D eigenvalue weighted by molar-refractivity contribution is 0.356. The highest BCUT2D eigenvalue weighted by Crippen LogP contribution is 2.25. The van der Waals surface area contributed by atoms with Crippen molar-refractivity contribution in [2.75, 3.05) is 6.54 Å². The molecule has 1 atom stereocenters. The summed E-state index contributed by atoms with van der Waals surface area (Å²) in [6.07, 6.45) is 6.90. The van der Waals surface area contributed by atoms with Crippen molar-refractivity contribution >= 4 is 0 Å². The van der Waals surface area contributed by atoms with Crippen LogP contribution in [0.15, 0.2) is 0 Å². The van der Waals surface area contributed by atoms with Crippen LogP contribution in [-0.2, 0) is 0 Å². The number of hydrogen-bond acceptors (Lipinski definition) is 1. The quantitative estimate of drug-likeness (QED) is 0.682. The van der Waals surface area contributed by atoms with E-state index in [0.29, 0.717) is 5.54 Å². The molecule has 0 aromatic rings. The van der Waals surface area contributed by atoms with Gasteiger partial charge in [-0.15, -0.1) is 0 Å². The first kappa shape index (κ1) is 10.0. The van der Waals surface area contributed by atoms with Crippen LogP contribution in [0, 0.1) is 5.92 Å². The molecular weight excluding hydrogens is 146 g/mol. The molecule has 0 spiro atoms. The van der Waals surface area contributed by atoms with Crippen LogP contribution >= 0.6 is 0 Å². The van der Waals surface area contributed by atoms with Crippen LogP contribution < -0.4 is 5.32 Å². The second kappa shape index (κ2) is 4.27. The Labute approximate surface area is 76.9 Å². The first-order valence-electron chi connectivity index (χ1n) is 5.37. The van der Waals surface area contributed by atoms with Gasteiger partial charge in [-0.2, -0.15) is 0 Å². The summed E-state index contributed by atoms with van der Waals surface area (Å²) >= 11 is 0. The molecule has 12 heavy (non-hydrogen) atoms. The summed E-state index contributed by atoms with van der Waals surface area (Å²) in [5.41, 5.74) is 0.481. The van der Waals surface area contributed by atoms with Crippen LogP contribution in [-0.4, -0.2) is 12.1 Å².